The number of benzene rings is 4. The van der Waals surface area contributed by atoms with Gasteiger partial charge in [-0.15, -0.1) is 0 Å². The van der Waals surface area contributed by atoms with E-state index in [1.165, 1.54) is 0 Å². The zero-order valence-electron chi connectivity index (χ0n) is 16.9. The number of fused-ring (bicyclic) bond motifs is 2. The number of hydrogen-bond acceptors (Lipinski definition) is 4. The molecule has 5 rings (SSSR count). The summed E-state index contributed by atoms with van der Waals surface area (Å²) in [5.74, 6) is 0.738. The monoisotopic (exact) mass is 550 g/mol. The van der Waals surface area contributed by atoms with Gasteiger partial charge in [0.2, 0.25) is 5.89 Å². The third-order valence-electron chi connectivity index (χ3n) is 5.13. The zero-order chi connectivity index (χ0) is 22.2. The van der Waals surface area contributed by atoms with E-state index < -0.39 is 0 Å². The fourth-order valence-corrected chi connectivity index (χ4v) is 4.57. The van der Waals surface area contributed by atoms with E-state index in [1.807, 2.05) is 54.6 Å². The number of amides is 1. The largest absolute Gasteiger partial charge is 0.495 e. The molecule has 0 bridgehead atoms. The van der Waals surface area contributed by atoms with Gasteiger partial charge in [0.15, 0.2) is 5.58 Å². The van der Waals surface area contributed by atoms with Gasteiger partial charge in [-0.25, -0.2) is 4.98 Å². The van der Waals surface area contributed by atoms with Gasteiger partial charge in [0.25, 0.3) is 5.91 Å². The molecule has 0 radical (unpaired) electrons. The van der Waals surface area contributed by atoms with Crippen molar-refractivity contribution in [1.29, 1.82) is 0 Å². The smallest absolute Gasteiger partial charge is 0.259 e. The Morgan fingerprint density at radius 2 is 1.78 bits per heavy atom. The number of aromatic nitrogens is 1. The van der Waals surface area contributed by atoms with E-state index in [0.717, 1.165) is 25.3 Å². The molecule has 4 aromatic carbocycles. The summed E-state index contributed by atoms with van der Waals surface area (Å²) >= 11 is 7.01. The van der Waals surface area contributed by atoms with Gasteiger partial charge in [0, 0.05) is 15.7 Å². The van der Waals surface area contributed by atoms with Gasteiger partial charge in [-0.05, 0) is 75.2 Å². The van der Waals surface area contributed by atoms with Gasteiger partial charge in [-0.2, -0.15) is 0 Å². The highest BCUT2D eigenvalue weighted by Gasteiger charge is 2.19. The lowest BCUT2D eigenvalue weighted by atomic mass is 10.1. The van der Waals surface area contributed by atoms with Crippen LogP contribution in [-0.4, -0.2) is 18.0 Å². The van der Waals surface area contributed by atoms with Crippen molar-refractivity contribution in [1.82, 2.24) is 4.98 Å². The first-order valence-electron chi connectivity index (χ1n) is 9.76. The highest BCUT2D eigenvalue weighted by Crippen LogP contribution is 2.37. The molecule has 7 heteroatoms. The molecule has 158 valence electrons. The van der Waals surface area contributed by atoms with Crippen molar-refractivity contribution < 1.29 is 13.9 Å². The Labute approximate surface area is 200 Å². The minimum atomic E-state index is -0.274. The molecular formula is C25H16Br2N2O3. The first-order chi connectivity index (χ1) is 15.5. The third-order valence-corrected chi connectivity index (χ3v) is 6.44. The molecule has 0 spiro atoms. The van der Waals surface area contributed by atoms with E-state index >= 15 is 0 Å². The number of halogens is 2. The average molecular weight is 552 g/mol. The highest BCUT2D eigenvalue weighted by atomic mass is 79.9. The second-order valence-corrected chi connectivity index (χ2v) is 8.86. The first-order valence-corrected chi connectivity index (χ1v) is 11.4. The number of rotatable bonds is 4. The maximum atomic E-state index is 13.1. The fourth-order valence-electron chi connectivity index (χ4n) is 3.57. The summed E-state index contributed by atoms with van der Waals surface area (Å²) in [5, 5.41) is 4.86. The van der Waals surface area contributed by atoms with Crippen molar-refractivity contribution in [3.63, 3.8) is 0 Å². The Balaban J connectivity index is 1.48. The maximum absolute atomic E-state index is 13.1. The topological polar surface area (TPSA) is 64.4 Å². The van der Waals surface area contributed by atoms with Crippen LogP contribution in [0.4, 0.5) is 5.69 Å². The zero-order valence-corrected chi connectivity index (χ0v) is 20.0. The van der Waals surface area contributed by atoms with Crippen molar-refractivity contribution in [3.05, 3.63) is 87.3 Å². The van der Waals surface area contributed by atoms with Crippen LogP contribution in [-0.2, 0) is 0 Å². The Morgan fingerprint density at radius 3 is 2.56 bits per heavy atom. The molecule has 0 unspecified atom stereocenters. The molecule has 0 saturated carbocycles. The number of carbonyl (C=O) groups excluding carboxylic acids is 1. The predicted octanol–water partition coefficient (Wildman–Crippen LogP) is 7.43. The molecule has 0 fully saturated rings. The number of oxazole rings is 1. The number of nitrogens with zero attached hydrogens (tertiary/aromatic N) is 1. The molecule has 1 heterocycles. The SMILES string of the molecule is COc1c(C(=O)Nc2ccc3oc(-c4ccc(Br)cc4)nc3c2)cc2ccccc2c1Br. The number of hydrogen-bond donors (Lipinski definition) is 1. The molecule has 0 aliphatic carbocycles. The molecular weight excluding hydrogens is 536 g/mol. The van der Waals surface area contributed by atoms with E-state index in [2.05, 4.69) is 42.2 Å². The summed E-state index contributed by atoms with van der Waals surface area (Å²) in [5.41, 5.74) is 3.23. The van der Waals surface area contributed by atoms with Gasteiger partial charge >= 0.3 is 0 Å². The Morgan fingerprint density at radius 1 is 1.00 bits per heavy atom. The minimum absolute atomic E-state index is 0.274. The van der Waals surface area contributed by atoms with Crippen LogP contribution in [0.1, 0.15) is 10.4 Å². The third kappa shape index (κ3) is 3.78. The molecule has 0 aliphatic rings. The molecule has 5 aromatic rings. The predicted molar refractivity (Wildman–Crippen MR) is 133 cm³/mol. The lowest BCUT2D eigenvalue weighted by Gasteiger charge is -2.13. The number of ether oxygens (including phenoxy) is 1. The van der Waals surface area contributed by atoms with Crippen LogP contribution in [0.5, 0.6) is 5.75 Å². The van der Waals surface area contributed by atoms with Gasteiger partial charge in [0.05, 0.1) is 17.1 Å². The fraction of sp³-hybridized carbons (Fsp3) is 0.0400. The lowest BCUT2D eigenvalue weighted by molar-refractivity contribution is 0.102. The van der Waals surface area contributed by atoms with Gasteiger partial charge in [0.1, 0.15) is 11.3 Å². The van der Waals surface area contributed by atoms with E-state index in [-0.39, 0.29) is 5.91 Å². The van der Waals surface area contributed by atoms with Crippen molar-refractivity contribution in [2.24, 2.45) is 0 Å². The Hall–Kier alpha value is -3.16. The summed E-state index contributed by atoms with van der Waals surface area (Å²) in [4.78, 5) is 17.7. The molecule has 32 heavy (non-hydrogen) atoms. The summed E-state index contributed by atoms with van der Waals surface area (Å²) < 4.78 is 13.1. The average Bonchev–Trinajstić information content (AvgIpc) is 3.23. The van der Waals surface area contributed by atoms with E-state index in [1.54, 1.807) is 25.3 Å². The van der Waals surface area contributed by atoms with Crippen molar-refractivity contribution in [2.45, 2.75) is 0 Å². The minimum Gasteiger partial charge on any atom is -0.495 e. The molecule has 0 saturated heterocycles. The molecule has 5 nitrogen and oxygen atoms in total. The Kier molecular flexibility index (Phi) is 5.45. The van der Waals surface area contributed by atoms with Gasteiger partial charge < -0.3 is 14.5 Å². The summed E-state index contributed by atoms with van der Waals surface area (Å²) in [6.07, 6.45) is 0. The molecule has 1 aromatic heterocycles. The van der Waals surface area contributed by atoms with Crippen LogP contribution >= 0.6 is 31.9 Å². The normalized spacial score (nSPS) is 11.1. The van der Waals surface area contributed by atoms with E-state index in [0.29, 0.717) is 34.0 Å². The first kappa shape index (κ1) is 20.7. The Bertz CT molecular complexity index is 1480. The van der Waals surface area contributed by atoms with Crippen molar-refractivity contribution in [2.75, 3.05) is 12.4 Å². The molecule has 0 atom stereocenters. The molecule has 1 N–H and O–H groups in total. The number of carbonyl (C=O) groups is 1. The molecule has 1 amide bonds. The maximum Gasteiger partial charge on any atom is 0.259 e. The van der Waals surface area contributed by atoms with Crippen LogP contribution in [0.25, 0.3) is 33.3 Å². The number of nitrogens with one attached hydrogen (secondary N) is 1. The summed E-state index contributed by atoms with van der Waals surface area (Å²) in [7, 11) is 1.55. The second kappa shape index (κ2) is 8.41. The standard InChI is InChI=1S/C25H16Br2N2O3/c1-31-23-19(12-15-4-2-3-5-18(15)22(23)27)24(30)28-17-10-11-21-20(13-17)29-25(32-21)14-6-8-16(26)9-7-14/h2-13H,1H3,(H,28,30). The number of anilines is 1. The second-order valence-electron chi connectivity index (χ2n) is 7.16. The van der Waals surface area contributed by atoms with Gasteiger partial charge in [-0.1, -0.05) is 40.2 Å². The van der Waals surface area contributed by atoms with Crippen LogP contribution in [0.3, 0.4) is 0 Å². The van der Waals surface area contributed by atoms with Gasteiger partial charge in [-0.3, -0.25) is 4.79 Å². The summed E-state index contributed by atoms with van der Waals surface area (Å²) in [6.45, 7) is 0. The van der Waals surface area contributed by atoms with E-state index in [4.69, 9.17) is 9.15 Å². The quantitative estimate of drug-likeness (QED) is 0.252. The summed E-state index contributed by atoms with van der Waals surface area (Å²) in [6, 6.07) is 22.8. The van der Waals surface area contributed by atoms with E-state index in [9.17, 15) is 4.79 Å². The number of methoxy groups -OCH3 is 1. The van der Waals surface area contributed by atoms with Crippen LogP contribution < -0.4 is 10.1 Å². The van der Waals surface area contributed by atoms with Crippen LogP contribution in [0.15, 0.2) is 86.2 Å². The molecule has 0 aliphatic heterocycles. The van der Waals surface area contributed by atoms with Crippen LogP contribution in [0.2, 0.25) is 0 Å². The van der Waals surface area contributed by atoms with Crippen molar-refractivity contribution in [3.8, 4) is 17.2 Å². The van der Waals surface area contributed by atoms with Crippen molar-refractivity contribution >= 4 is 65.3 Å². The highest BCUT2D eigenvalue weighted by molar-refractivity contribution is 9.11. The lowest BCUT2D eigenvalue weighted by Crippen LogP contribution is -2.13. The van der Waals surface area contributed by atoms with Crippen LogP contribution in [0, 0.1) is 0 Å².